The molecule has 0 spiro atoms. The smallest absolute Gasteiger partial charge is 0.258 e. The van der Waals surface area contributed by atoms with Crippen LogP contribution in [-0.4, -0.2) is 11.7 Å². The second-order valence-corrected chi connectivity index (χ2v) is 6.07. The van der Waals surface area contributed by atoms with Gasteiger partial charge in [0.25, 0.3) is 5.91 Å². The molecule has 4 aromatic rings. The van der Waals surface area contributed by atoms with Crippen molar-refractivity contribution in [3.8, 4) is 0 Å². The number of hydrogen-bond donors (Lipinski definition) is 1. The van der Waals surface area contributed by atoms with Crippen molar-refractivity contribution in [3.63, 3.8) is 0 Å². The third kappa shape index (κ3) is 3.16. The fraction of sp³-hybridized carbons (Fsp3) is 0. The fourth-order valence-electron chi connectivity index (χ4n) is 2.89. The highest BCUT2D eigenvalue weighted by Crippen LogP contribution is 2.33. The van der Waals surface area contributed by atoms with Crippen molar-refractivity contribution in [3.05, 3.63) is 101 Å². The molecule has 0 radical (unpaired) electrons. The van der Waals surface area contributed by atoms with Gasteiger partial charge in [0, 0.05) is 10.9 Å². The van der Waals surface area contributed by atoms with Gasteiger partial charge in [-0.15, -0.1) is 0 Å². The Bertz CT molecular complexity index is 1200. The standard InChI is InChI=1S/C22H13F2NO3/c23-14-11-9-13(10-12-14)20(26)21-19(16-6-2-4-8-18(16)28-21)25-22(27)15-5-1-3-7-17(15)24/h1-12H,(H,25,27). The van der Waals surface area contributed by atoms with Gasteiger partial charge in [0.2, 0.25) is 5.78 Å². The van der Waals surface area contributed by atoms with E-state index in [1.54, 1.807) is 24.3 Å². The average Bonchev–Trinajstić information content (AvgIpc) is 3.07. The minimum atomic E-state index is -0.710. The van der Waals surface area contributed by atoms with Crippen LogP contribution in [0.3, 0.4) is 0 Å². The molecule has 6 heteroatoms. The summed E-state index contributed by atoms with van der Waals surface area (Å²) in [5, 5.41) is 3.08. The van der Waals surface area contributed by atoms with Crippen molar-refractivity contribution >= 4 is 28.3 Å². The summed E-state index contributed by atoms with van der Waals surface area (Å²) in [6.45, 7) is 0. The Hall–Kier alpha value is -3.80. The largest absolute Gasteiger partial charge is 0.450 e. The first kappa shape index (κ1) is 17.6. The number of fused-ring (bicyclic) bond motifs is 1. The summed E-state index contributed by atoms with van der Waals surface area (Å²) in [5.41, 5.74) is 0.560. The Kier molecular flexibility index (Phi) is 4.45. The third-order valence-electron chi connectivity index (χ3n) is 4.27. The number of carbonyl (C=O) groups is 2. The molecule has 3 aromatic carbocycles. The van der Waals surface area contributed by atoms with Gasteiger partial charge >= 0.3 is 0 Å². The van der Waals surface area contributed by atoms with E-state index in [2.05, 4.69) is 5.32 Å². The molecule has 0 atom stereocenters. The lowest BCUT2D eigenvalue weighted by atomic mass is 10.1. The van der Waals surface area contributed by atoms with Gasteiger partial charge in [0.05, 0.1) is 11.3 Å². The van der Waals surface area contributed by atoms with Gasteiger partial charge < -0.3 is 9.73 Å². The first-order valence-corrected chi connectivity index (χ1v) is 8.42. The molecule has 0 unspecified atom stereocenters. The Balaban J connectivity index is 1.79. The van der Waals surface area contributed by atoms with Crippen LogP contribution in [0.15, 0.2) is 77.2 Å². The second-order valence-electron chi connectivity index (χ2n) is 6.07. The highest BCUT2D eigenvalue weighted by atomic mass is 19.1. The van der Waals surface area contributed by atoms with Crippen LogP contribution in [0.1, 0.15) is 26.5 Å². The number of ketones is 1. The number of furan rings is 1. The summed E-state index contributed by atoms with van der Waals surface area (Å²) in [6, 6.07) is 17.3. The van der Waals surface area contributed by atoms with Crippen molar-refractivity contribution in [2.24, 2.45) is 0 Å². The monoisotopic (exact) mass is 377 g/mol. The van der Waals surface area contributed by atoms with E-state index >= 15 is 0 Å². The van der Waals surface area contributed by atoms with E-state index < -0.39 is 23.3 Å². The number of carbonyl (C=O) groups excluding carboxylic acids is 2. The number of amides is 1. The molecule has 138 valence electrons. The van der Waals surface area contributed by atoms with Crippen LogP contribution in [0.25, 0.3) is 11.0 Å². The molecule has 0 aliphatic carbocycles. The molecule has 0 fully saturated rings. The Morgan fingerprint density at radius 3 is 2.25 bits per heavy atom. The normalized spacial score (nSPS) is 10.8. The minimum Gasteiger partial charge on any atom is -0.450 e. The fourth-order valence-corrected chi connectivity index (χ4v) is 2.89. The lowest BCUT2D eigenvalue weighted by molar-refractivity contribution is 0.101. The van der Waals surface area contributed by atoms with Crippen LogP contribution >= 0.6 is 0 Å². The van der Waals surface area contributed by atoms with Crippen LogP contribution in [0.4, 0.5) is 14.5 Å². The summed E-state index contributed by atoms with van der Waals surface area (Å²) >= 11 is 0. The summed E-state index contributed by atoms with van der Waals surface area (Å²) in [5.74, 6) is -2.51. The summed E-state index contributed by atoms with van der Waals surface area (Å²) in [7, 11) is 0. The number of para-hydroxylation sites is 1. The highest BCUT2D eigenvalue weighted by molar-refractivity contribution is 6.18. The first-order valence-electron chi connectivity index (χ1n) is 8.42. The Morgan fingerprint density at radius 1 is 0.821 bits per heavy atom. The topological polar surface area (TPSA) is 59.3 Å². The van der Waals surface area contributed by atoms with Crippen molar-refractivity contribution in [2.45, 2.75) is 0 Å². The molecule has 1 amide bonds. The highest BCUT2D eigenvalue weighted by Gasteiger charge is 2.24. The van der Waals surface area contributed by atoms with E-state index in [0.717, 1.165) is 12.1 Å². The zero-order valence-corrected chi connectivity index (χ0v) is 14.4. The Morgan fingerprint density at radius 2 is 1.50 bits per heavy atom. The maximum absolute atomic E-state index is 14.0. The van der Waals surface area contributed by atoms with Crippen molar-refractivity contribution in [1.29, 1.82) is 0 Å². The van der Waals surface area contributed by atoms with Crippen molar-refractivity contribution < 1.29 is 22.8 Å². The van der Waals surface area contributed by atoms with Crippen LogP contribution in [-0.2, 0) is 0 Å². The number of rotatable bonds is 4. The number of halogens is 2. The van der Waals surface area contributed by atoms with E-state index in [1.165, 1.54) is 36.4 Å². The minimum absolute atomic E-state index is 0.113. The SMILES string of the molecule is O=C(Nc1c(C(=O)c2ccc(F)cc2)oc2ccccc12)c1ccccc1F. The van der Waals surface area contributed by atoms with Gasteiger partial charge in [-0.3, -0.25) is 9.59 Å². The van der Waals surface area contributed by atoms with Gasteiger partial charge in [0.15, 0.2) is 5.76 Å². The molecule has 1 N–H and O–H groups in total. The second kappa shape index (κ2) is 7.08. The maximum Gasteiger partial charge on any atom is 0.258 e. The van der Waals surface area contributed by atoms with Gasteiger partial charge in [-0.2, -0.15) is 0 Å². The lowest BCUT2D eigenvalue weighted by Gasteiger charge is -2.07. The number of hydrogen-bond acceptors (Lipinski definition) is 3. The Labute approximate surface area is 158 Å². The maximum atomic E-state index is 14.0. The molecule has 0 aliphatic rings. The summed E-state index contributed by atoms with van der Waals surface area (Å²) < 4.78 is 32.8. The summed E-state index contributed by atoms with van der Waals surface area (Å²) in [4.78, 5) is 25.5. The predicted molar refractivity (Wildman–Crippen MR) is 100 cm³/mol. The quantitative estimate of drug-likeness (QED) is 0.498. The van der Waals surface area contributed by atoms with Crippen molar-refractivity contribution in [1.82, 2.24) is 0 Å². The molecular formula is C22H13F2NO3. The molecule has 0 saturated carbocycles. The third-order valence-corrected chi connectivity index (χ3v) is 4.27. The van der Waals surface area contributed by atoms with Crippen LogP contribution in [0.5, 0.6) is 0 Å². The van der Waals surface area contributed by atoms with E-state index in [4.69, 9.17) is 4.42 Å². The molecule has 4 rings (SSSR count). The molecule has 1 aromatic heterocycles. The van der Waals surface area contributed by atoms with Crippen LogP contribution in [0, 0.1) is 11.6 Å². The summed E-state index contributed by atoms with van der Waals surface area (Å²) in [6.07, 6.45) is 0. The van der Waals surface area contributed by atoms with Gasteiger partial charge in [-0.25, -0.2) is 8.78 Å². The van der Waals surface area contributed by atoms with Crippen molar-refractivity contribution in [2.75, 3.05) is 5.32 Å². The van der Waals surface area contributed by atoms with E-state index in [-0.39, 0.29) is 22.6 Å². The molecule has 4 nitrogen and oxygen atoms in total. The molecular weight excluding hydrogens is 364 g/mol. The van der Waals surface area contributed by atoms with Gasteiger partial charge in [-0.05, 0) is 48.5 Å². The number of nitrogens with one attached hydrogen (secondary N) is 1. The molecule has 0 saturated heterocycles. The number of anilines is 1. The molecule has 1 heterocycles. The first-order chi connectivity index (χ1) is 13.5. The van der Waals surface area contributed by atoms with Gasteiger partial charge in [-0.1, -0.05) is 24.3 Å². The van der Waals surface area contributed by atoms with Crippen LogP contribution < -0.4 is 5.32 Å². The lowest BCUT2D eigenvalue weighted by Crippen LogP contribution is -2.15. The number of benzene rings is 3. The van der Waals surface area contributed by atoms with Crippen LogP contribution in [0.2, 0.25) is 0 Å². The zero-order chi connectivity index (χ0) is 19.7. The average molecular weight is 377 g/mol. The van der Waals surface area contributed by atoms with E-state index in [1.807, 2.05) is 0 Å². The molecule has 28 heavy (non-hydrogen) atoms. The van der Waals surface area contributed by atoms with E-state index in [9.17, 15) is 18.4 Å². The van der Waals surface area contributed by atoms with Gasteiger partial charge in [0.1, 0.15) is 17.2 Å². The zero-order valence-electron chi connectivity index (χ0n) is 14.4. The molecule has 0 bridgehead atoms. The molecule has 0 aliphatic heterocycles. The van der Waals surface area contributed by atoms with E-state index in [0.29, 0.717) is 11.0 Å². The predicted octanol–water partition coefficient (Wildman–Crippen LogP) is 5.19.